The Hall–Kier alpha value is -1.81. The summed E-state index contributed by atoms with van der Waals surface area (Å²) >= 11 is 0. The number of rotatable bonds is 5. The van der Waals surface area contributed by atoms with E-state index in [1.807, 2.05) is 29.1 Å². The van der Waals surface area contributed by atoms with Gasteiger partial charge >= 0.3 is 0 Å². The molecule has 0 aliphatic carbocycles. The molecule has 4 nitrogen and oxygen atoms in total. The van der Waals surface area contributed by atoms with Gasteiger partial charge in [-0.15, -0.1) is 0 Å². The molecule has 1 unspecified atom stereocenters. The minimum Gasteiger partial charge on any atom is -0.508 e. The number of phenols is 1. The summed E-state index contributed by atoms with van der Waals surface area (Å²) in [5, 5.41) is 17.2. The van der Waals surface area contributed by atoms with Crippen molar-refractivity contribution < 1.29 is 5.11 Å². The fraction of sp³-hybridized carbons (Fsp3) is 0.357. The third-order valence-corrected chi connectivity index (χ3v) is 2.95. The third-order valence-electron chi connectivity index (χ3n) is 2.95. The molecule has 0 amide bonds. The third kappa shape index (κ3) is 3.11. The molecule has 1 aromatic heterocycles. The number of nitrogens with zero attached hydrogens (tertiary/aromatic N) is 2. The zero-order chi connectivity index (χ0) is 13.0. The topological polar surface area (TPSA) is 50.1 Å². The summed E-state index contributed by atoms with van der Waals surface area (Å²) in [5.41, 5.74) is 2.11. The van der Waals surface area contributed by atoms with Crippen molar-refractivity contribution in [3.05, 3.63) is 47.8 Å². The Morgan fingerprint density at radius 3 is 2.89 bits per heavy atom. The van der Waals surface area contributed by atoms with Crippen molar-refractivity contribution >= 4 is 0 Å². The number of aryl methyl sites for hydroxylation is 1. The molecule has 1 atom stereocenters. The van der Waals surface area contributed by atoms with Crippen LogP contribution in [0.3, 0.4) is 0 Å². The van der Waals surface area contributed by atoms with E-state index in [2.05, 4.69) is 24.3 Å². The maximum atomic E-state index is 9.39. The van der Waals surface area contributed by atoms with Crippen LogP contribution in [0.15, 0.2) is 36.5 Å². The minimum atomic E-state index is 0.195. The maximum absolute atomic E-state index is 9.39. The Morgan fingerprint density at radius 2 is 2.22 bits per heavy atom. The van der Waals surface area contributed by atoms with Crippen molar-refractivity contribution in [2.24, 2.45) is 0 Å². The van der Waals surface area contributed by atoms with Crippen molar-refractivity contribution in [2.75, 3.05) is 0 Å². The predicted molar refractivity (Wildman–Crippen MR) is 71.3 cm³/mol. The molecular weight excluding hydrogens is 226 g/mol. The molecule has 2 rings (SSSR count). The van der Waals surface area contributed by atoms with E-state index in [0.29, 0.717) is 12.3 Å². The van der Waals surface area contributed by atoms with Crippen LogP contribution in [0, 0.1) is 0 Å². The van der Waals surface area contributed by atoms with Crippen LogP contribution in [0.5, 0.6) is 5.75 Å². The highest BCUT2D eigenvalue weighted by molar-refractivity contribution is 5.27. The largest absolute Gasteiger partial charge is 0.508 e. The minimum absolute atomic E-state index is 0.195. The first-order valence-corrected chi connectivity index (χ1v) is 6.23. The van der Waals surface area contributed by atoms with Gasteiger partial charge < -0.3 is 10.4 Å². The van der Waals surface area contributed by atoms with Crippen molar-refractivity contribution in [3.8, 4) is 5.75 Å². The first-order valence-electron chi connectivity index (χ1n) is 6.23. The number of nitrogens with one attached hydrogen (secondary N) is 1. The maximum Gasteiger partial charge on any atom is 0.115 e. The molecule has 2 N–H and O–H groups in total. The predicted octanol–water partition coefficient (Wildman–Crippen LogP) is 2.46. The molecule has 0 saturated heterocycles. The molecule has 0 saturated carbocycles. The normalized spacial score (nSPS) is 12.6. The lowest BCUT2D eigenvalue weighted by atomic mass is 10.2. The second-order valence-electron chi connectivity index (χ2n) is 4.37. The van der Waals surface area contributed by atoms with Gasteiger partial charge in [-0.3, -0.25) is 4.68 Å². The van der Waals surface area contributed by atoms with Crippen molar-refractivity contribution in [3.63, 3.8) is 0 Å². The van der Waals surface area contributed by atoms with Crippen LogP contribution in [0.2, 0.25) is 0 Å². The molecule has 1 aromatic carbocycles. The van der Waals surface area contributed by atoms with Crippen LogP contribution < -0.4 is 5.32 Å². The van der Waals surface area contributed by atoms with Crippen molar-refractivity contribution in [1.82, 2.24) is 15.1 Å². The summed E-state index contributed by atoms with van der Waals surface area (Å²) in [4.78, 5) is 0. The quantitative estimate of drug-likeness (QED) is 0.850. The van der Waals surface area contributed by atoms with E-state index in [0.717, 1.165) is 17.8 Å². The molecule has 0 fully saturated rings. The zero-order valence-electron chi connectivity index (χ0n) is 10.8. The highest BCUT2D eigenvalue weighted by Gasteiger charge is 2.08. The van der Waals surface area contributed by atoms with Crippen LogP contribution in [-0.2, 0) is 13.1 Å². The van der Waals surface area contributed by atoms with E-state index in [1.54, 1.807) is 12.1 Å². The Morgan fingerprint density at radius 1 is 1.39 bits per heavy atom. The van der Waals surface area contributed by atoms with E-state index in [-0.39, 0.29) is 6.04 Å². The number of hydrogen-bond donors (Lipinski definition) is 2. The molecule has 0 aliphatic rings. The van der Waals surface area contributed by atoms with E-state index in [4.69, 9.17) is 0 Å². The van der Waals surface area contributed by atoms with Crippen LogP contribution >= 0.6 is 0 Å². The highest BCUT2D eigenvalue weighted by Crippen LogP contribution is 2.13. The number of hydrogen-bond acceptors (Lipinski definition) is 3. The highest BCUT2D eigenvalue weighted by atomic mass is 16.3. The lowest BCUT2D eigenvalue weighted by molar-refractivity contribution is 0.473. The standard InChI is InChI=1S/C14H19N3O/c1-3-17-8-7-14(16-17)11(2)15-10-12-5-4-6-13(18)9-12/h4-9,11,15,18H,3,10H2,1-2H3. The number of benzene rings is 1. The molecule has 18 heavy (non-hydrogen) atoms. The van der Waals surface area contributed by atoms with Gasteiger partial charge in [0.1, 0.15) is 5.75 Å². The Balaban J connectivity index is 1.93. The molecule has 96 valence electrons. The summed E-state index contributed by atoms with van der Waals surface area (Å²) in [6, 6.07) is 9.51. The fourth-order valence-corrected chi connectivity index (χ4v) is 1.83. The first-order chi connectivity index (χ1) is 8.69. The SMILES string of the molecule is CCn1ccc(C(C)NCc2cccc(O)c2)n1. The number of phenolic OH excluding ortho intramolecular Hbond substituents is 1. The smallest absolute Gasteiger partial charge is 0.115 e. The average molecular weight is 245 g/mol. The Labute approximate surface area is 107 Å². The monoisotopic (exact) mass is 245 g/mol. The van der Waals surface area contributed by atoms with Gasteiger partial charge in [0, 0.05) is 25.3 Å². The van der Waals surface area contributed by atoms with Crippen LogP contribution in [0.1, 0.15) is 31.1 Å². The molecule has 0 spiro atoms. The van der Waals surface area contributed by atoms with Gasteiger partial charge in [0.05, 0.1) is 5.69 Å². The van der Waals surface area contributed by atoms with E-state index < -0.39 is 0 Å². The summed E-state index contributed by atoms with van der Waals surface area (Å²) < 4.78 is 1.92. The lowest BCUT2D eigenvalue weighted by Crippen LogP contribution is -2.18. The molecular formula is C14H19N3O. The van der Waals surface area contributed by atoms with Gasteiger partial charge in [-0.2, -0.15) is 5.10 Å². The molecule has 2 aromatic rings. The first kappa shape index (κ1) is 12.6. The average Bonchev–Trinajstić information content (AvgIpc) is 2.85. The zero-order valence-corrected chi connectivity index (χ0v) is 10.8. The summed E-state index contributed by atoms with van der Waals surface area (Å²) in [5.74, 6) is 0.303. The van der Waals surface area contributed by atoms with Gasteiger partial charge in [-0.1, -0.05) is 12.1 Å². The van der Waals surface area contributed by atoms with Crippen LogP contribution in [0.4, 0.5) is 0 Å². The van der Waals surface area contributed by atoms with Gasteiger partial charge in [-0.05, 0) is 37.6 Å². The van der Waals surface area contributed by atoms with Gasteiger partial charge in [0.25, 0.3) is 0 Å². The lowest BCUT2D eigenvalue weighted by Gasteiger charge is -2.11. The summed E-state index contributed by atoms with van der Waals surface area (Å²) in [6.45, 7) is 5.76. The van der Waals surface area contributed by atoms with E-state index >= 15 is 0 Å². The number of aromatic hydroxyl groups is 1. The van der Waals surface area contributed by atoms with Gasteiger partial charge in [0.2, 0.25) is 0 Å². The Kier molecular flexibility index (Phi) is 3.99. The van der Waals surface area contributed by atoms with E-state index in [9.17, 15) is 5.11 Å². The van der Waals surface area contributed by atoms with Crippen LogP contribution in [-0.4, -0.2) is 14.9 Å². The van der Waals surface area contributed by atoms with Gasteiger partial charge in [0.15, 0.2) is 0 Å². The molecule has 0 bridgehead atoms. The molecule has 1 heterocycles. The summed E-state index contributed by atoms with van der Waals surface area (Å²) in [6.07, 6.45) is 1.99. The summed E-state index contributed by atoms with van der Waals surface area (Å²) in [7, 11) is 0. The molecule has 0 aliphatic heterocycles. The van der Waals surface area contributed by atoms with E-state index in [1.165, 1.54) is 0 Å². The second-order valence-corrected chi connectivity index (χ2v) is 4.37. The number of aromatic nitrogens is 2. The van der Waals surface area contributed by atoms with Gasteiger partial charge in [-0.25, -0.2) is 0 Å². The van der Waals surface area contributed by atoms with Crippen molar-refractivity contribution in [1.29, 1.82) is 0 Å². The second kappa shape index (κ2) is 5.69. The van der Waals surface area contributed by atoms with Crippen LogP contribution in [0.25, 0.3) is 0 Å². The Bertz CT molecular complexity index is 507. The fourth-order valence-electron chi connectivity index (χ4n) is 1.83. The molecule has 0 radical (unpaired) electrons. The molecule has 4 heteroatoms. The van der Waals surface area contributed by atoms with Crippen molar-refractivity contribution in [2.45, 2.75) is 33.0 Å².